The van der Waals surface area contributed by atoms with Crippen LogP contribution in [0.3, 0.4) is 0 Å². The molecule has 1 N–H and O–H groups in total. The molecule has 0 saturated carbocycles. The van der Waals surface area contributed by atoms with Crippen molar-refractivity contribution in [1.82, 2.24) is 19.6 Å². The Kier molecular flexibility index (Phi) is 0.858. The van der Waals surface area contributed by atoms with Crippen molar-refractivity contribution >= 4 is 5.65 Å². The molecule has 0 unspecified atom stereocenters. The highest BCUT2D eigenvalue weighted by molar-refractivity contribution is 5.32. The van der Waals surface area contributed by atoms with Gasteiger partial charge in [0.15, 0.2) is 0 Å². The summed E-state index contributed by atoms with van der Waals surface area (Å²) in [6, 6.07) is 0. The third-order valence-corrected chi connectivity index (χ3v) is 1.22. The molecular formula is C5H4N4O. The maximum Gasteiger partial charge on any atom is 0.307 e. The van der Waals surface area contributed by atoms with Crippen LogP contribution in [0.5, 0.6) is 0 Å². The lowest BCUT2D eigenvalue weighted by molar-refractivity contribution is 0.913. The second kappa shape index (κ2) is 1.66. The van der Waals surface area contributed by atoms with Crippen molar-refractivity contribution in [2.24, 2.45) is 0 Å². The molecule has 0 aliphatic heterocycles. The third-order valence-electron chi connectivity index (χ3n) is 1.22. The van der Waals surface area contributed by atoms with Gasteiger partial charge >= 0.3 is 5.56 Å². The van der Waals surface area contributed by atoms with Gasteiger partial charge in [0.05, 0.1) is 0 Å². The molecule has 0 radical (unpaired) electrons. The Bertz CT molecular complexity index is 401. The van der Waals surface area contributed by atoms with Crippen LogP contribution in [0.4, 0.5) is 0 Å². The molecule has 2 heterocycles. The molecule has 0 saturated heterocycles. The van der Waals surface area contributed by atoms with Gasteiger partial charge in [-0.05, 0) is 0 Å². The van der Waals surface area contributed by atoms with Crippen LogP contribution >= 0.6 is 0 Å². The minimum atomic E-state index is -0.271. The average molecular weight is 136 g/mol. The van der Waals surface area contributed by atoms with E-state index in [0.717, 1.165) is 0 Å². The van der Waals surface area contributed by atoms with Gasteiger partial charge in [-0.2, -0.15) is 5.10 Å². The van der Waals surface area contributed by atoms with Crippen LogP contribution in [0.25, 0.3) is 5.65 Å². The Morgan fingerprint density at radius 2 is 2.50 bits per heavy atom. The number of nitrogens with one attached hydrogen (secondary N) is 1. The molecule has 2 rings (SSSR count). The van der Waals surface area contributed by atoms with Gasteiger partial charge in [0.1, 0.15) is 6.33 Å². The summed E-state index contributed by atoms with van der Waals surface area (Å²) in [7, 11) is 0. The summed E-state index contributed by atoms with van der Waals surface area (Å²) in [5.74, 6) is 0. The van der Waals surface area contributed by atoms with E-state index >= 15 is 0 Å². The van der Waals surface area contributed by atoms with E-state index in [-0.39, 0.29) is 5.56 Å². The molecule has 2 aromatic heterocycles. The quantitative estimate of drug-likeness (QED) is 0.526. The van der Waals surface area contributed by atoms with Crippen LogP contribution in [0.2, 0.25) is 0 Å². The second-order valence-electron chi connectivity index (χ2n) is 1.84. The summed E-state index contributed by atoms with van der Waals surface area (Å²) in [4.78, 5) is 14.6. The first-order chi connectivity index (χ1) is 4.88. The average Bonchev–Trinajstić information content (AvgIpc) is 2.36. The minimum absolute atomic E-state index is 0.271. The first-order valence-electron chi connectivity index (χ1n) is 2.74. The number of nitrogens with zero attached hydrogens (tertiary/aromatic N) is 3. The van der Waals surface area contributed by atoms with Gasteiger partial charge in [0.2, 0.25) is 5.65 Å². The summed E-state index contributed by atoms with van der Waals surface area (Å²) in [6.45, 7) is 0. The van der Waals surface area contributed by atoms with E-state index in [9.17, 15) is 4.79 Å². The number of hydrogen-bond donors (Lipinski definition) is 1. The maximum absolute atomic E-state index is 10.8. The number of hydrogen-bond acceptors (Lipinski definition) is 3. The highest BCUT2D eigenvalue weighted by Gasteiger charge is 1.95. The number of H-pyrrole nitrogens is 1. The molecule has 50 valence electrons. The van der Waals surface area contributed by atoms with Gasteiger partial charge in [-0.25, -0.2) is 10.1 Å². The van der Waals surface area contributed by atoms with Crippen molar-refractivity contribution in [2.75, 3.05) is 0 Å². The Morgan fingerprint density at radius 3 is 3.30 bits per heavy atom. The highest BCUT2D eigenvalue weighted by atomic mass is 16.1. The fourth-order valence-electron chi connectivity index (χ4n) is 0.782. The summed E-state index contributed by atoms with van der Waals surface area (Å²) in [5.41, 5.74) is 0.0995. The Hall–Kier alpha value is -1.65. The van der Waals surface area contributed by atoms with Gasteiger partial charge in [-0.15, -0.1) is 0 Å². The molecule has 0 aromatic carbocycles. The molecule has 0 bridgehead atoms. The smallest absolute Gasteiger partial charge is 0.284 e. The SMILES string of the molecule is O=c1[nH]ncn2ccnc12. The monoisotopic (exact) mass is 136 g/mol. The Morgan fingerprint density at radius 1 is 1.60 bits per heavy atom. The number of aromatic nitrogens is 4. The summed E-state index contributed by atoms with van der Waals surface area (Å²) in [6.07, 6.45) is 4.70. The van der Waals surface area contributed by atoms with Crippen LogP contribution in [-0.4, -0.2) is 19.6 Å². The summed E-state index contributed by atoms with van der Waals surface area (Å²) in [5, 5.41) is 5.84. The maximum atomic E-state index is 10.8. The lowest BCUT2D eigenvalue weighted by atomic mass is 10.8. The predicted octanol–water partition coefficient (Wildman–Crippen LogP) is -0.582. The predicted molar refractivity (Wildman–Crippen MR) is 33.6 cm³/mol. The van der Waals surface area contributed by atoms with Gasteiger partial charge in [-0.1, -0.05) is 0 Å². The van der Waals surface area contributed by atoms with Gasteiger partial charge in [0.25, 0.3) is 0 Å². The molecular weight excluding hydrogens is 132 g/mol. The zero-order chi connectivity index (χ0) is 6.97. The largest absolute Gasteiger partial charge is 0.307 e. The number of aromatic amines is 1. The zero-order valence-corrected chi connectivity index (χ0v) is 4.98. The molecule has 0 atom stereocenters. The molecule has 0 spiro atoms. The second-order valence-corrected chi connectivity index (χ2v) is 1.84. The van der Waals surface area contributed by atoms with Gasteiger partial charge in [0, 0.05) is 12.4 Å². The fraction of sp³-hybridized carbons (Fsp3) is 0. The van der Waals surface area contributed by atoms with E-state index in [1.165, 1.54) is 6.33 Å². The van der Waals surface area contributed by atoms with E-state index in [0.29, 0.717) is 5.65 Å². The van der Waals surface area contributed by atoms with Gasteiger partial charge in [-0.3, -0.25) is 9.20 Å². The van der Waals surface area contributed by atoms with Crippen LogP contribution in [0.15, 0.2) is 23.5 Å². The molecule has 5 nitrogen and oxygen atoms in total. The van der Waals surface area contributed by atoms with Crippen molar-refractivity contribution in [3.05, 3.63) is 29.1 Å². The van der Waals surface area contributed by atoms with E-state index in [1.54, 1.807) is 16.8 Å². The van der Waals surface area contributed by atoms with Crippen LogP contribution in [-0.2, 0) is 0 Å². The number of fused-ring (bicyclic) bond motifs is 1. The van der Waals surface area contributed by atoms with Gasteiger partial charge < -0.3 is 0 Å². The van der Waals surface area contributed by atoms with Crippen molar-refractivity contribution in [2.45, 2.75) is 0 Å². The van der Waals surface area contributed by atoms with E-state index in [1.807, 2.05) is 0 Å². The lowest BCUT2D eigenvalue weighted by Gasteiger charge is -1.85. The molecule has 0 aliphatic carbocycles. The fourth-order valence-corrected chi connectivity index (χ4v) is 0.782. The van der Waals surface area contributed by atoms with Crippen LogP contribution < -0.4 is 5.56 Å². The number of rotatable bonds is 0. The minimum Gasteiger partial charge on any atom is -0.284 e. The van der Waals surface area contributed by atoms with Crippen molar-refractivity contribution < 1.29 is 0 Å². The van der Waals surface area contributed by atoms with Crippen LogP contribution in [0.1, 0.15) is 0 Å². The van der Waals surface area contributed by atoms with E-state index in [2.05, 4.69) is 15.2 Å². The van der Waals surface area contributed by atoms with E-state index < -0.39 is 0 Å². The molecule has 2 aromatic rings. The number of imidazole rings is 1. The molecule has 0 aliphatic rings. The zero-order valence-electron chi connectivity index (χ0n) is 4.98. The van der Waals surface area contributed by atoms with Crippen molar-refractivity contribution in [3.63, 3.8) is 0 Å². The standard InChI is InChI=1S/C5H4N4O/c10-5-4-6-1-2-9(4)3-7-8-5/h1-3H,(H,8,10). The lowest BCUT2D eigenvalue weighted by Crippen LogP contribution is -2.10. The summed E-state index contributed by atoms with van der Waals surface area (Å²) < 4.78 is 1.55. The van der Waals surface area contributed by atoms with Crippen molar-refractivity contribution in [3.8, 4) is 0 Å². The summed E-state index contributed by atoms with van der Waals surface area (Å²) >= 11 is 0. The molecule has 0 fully saturated rings. The first kappa shape index (κ1) is 5.16. The Balaban J connectivity index is 3.09. The van der Waals surface area contributed by atoms with Crippen molar-refractivity contribution in [1.29, 1.82) is 0 Å². The Labute approximate surface area is 55.3 Å². The normalized spacial score (nSPS) is 10.4. The topological polar surface area (TPSA) is 63.0 Å². The highest BCUT2D eigenvalue weighted by Crippen LogP contribution is 1.86. The molecule has 5 heteroatoms. The third kappa shape index (κ3) is 0.540. The molecule has 0 amide bonds. The van der Waals surface area contributed by atoms with E-state index in [4.69, 9.17) is 0 Å². The van der Waals surface area contributed by atoms with Crippen LogP contribution in [0, 0.1) is 0 Å². The first-order valence-corrected chi connectivity index (χ1v) is 2.74. The molecule has 10 heavy (non-hydrogen) atoms.